The highest BCUT2D eigenvalue weighted by Gasteiger charge is 2.17. The van der Waals surface area contributed by atoms with Crippen LogP contribution in [-0.4, -0.2) is 37.3 Å². The third-order valence-electron chi connectivity index (χ3n) is 3.32. The van der Waals surface area contributed by atoms with Crippen LogP contribution in [0.4, 0.5) is 5.82 Å². The second kappa shape index (κ2) is 7.34. The number of nitrogens with one attached hydrogen (secondary N) is 1. The molecule has 10 nitrogen and oxygen atoms in total. The van der Waals surface area contributed by atoms with E-state index in [1.54, 1.807) is 0 Å². The molecule has 1 amide bonds. The molecule has 3 rings (SSSR count). The summed E-state index contributed by atoms with van der Waals surface area (Å²) in [4.78, 5) is 25.9. The van der Waals surface area contributed by atoms with Crippen LogP contribution >= 0.6 is 0 Å². The number of rotatable bonds is 7. The largest absolute Gasteiger partial charge is 0.389 e. The molecule has 1 aromatic carbocycles. The van der Waals surface area contributed by atoms with Crippen LogP contribution in [0.5, 0.6) is 0 Å². The number of hydrogen-bond donors (Lipinski definition) is 1. The summed E-state index contributed by atoms with van der Waals surface area (Å²) in [7, 11) is 0. The summed E-state index contributed by atoms with van der Waals surface area (Å²) < 4.78 is 6.20. The number of benzene rings is 1. The summed E-state index contributed by atoms with van der Waals surface area (Å²) in [6.07, 6.45) is 2.11. The van der Waals surface area contributed by atoms with Gasteiger partial charge in [-0.2, -0.15) is 9.67 Å². The molecule has 0 unspecified atom stereocenters. The highest BCUT2D eigenvalue weighted by atomic mass is 16.6. The van der Waals surface area contributed by atoms with E-state index < -0.39 is 10.8 Å². The molecule has 0 saturated heterocycles. The minimum absolute atomic E-state index is 0.0641. The van der Waals surface area contributed by atoms with Crippen molar-refractivity contribution in [3.63, 3.8) is 0 Å². The maximum atomic E-state index is 12.0. The Labute approximate surface area is 141 Å². The van der Waals surface area contributed by atoms with E-state index in [1.165, 1.54) is 16.9 Å². The van der Waals surface area contributed by atoms with Gasteiger partial charge in [-0.15, -0.1) is 0 Å². The van der Waals surface area contributed by atoms with Crippen LogP contribution in [0.2, 0.25) is 0 Å². The van der Waals surface area contributed by atoms with Crippen molar-refractivity contribution in [1.29, 1.82) is 0 Å². The van der Waals surface area contributed by atoms with Crippen LogP contribution in [-0.2, 0) is 13.0 Å². The Bertz CT molecular complexity index is 873. The van der Waals surface area contributed by atoms with E-state index in [-0.39, 0.29) is 24.1 Å². The lowest BCUT2D eigenvalue weighted by molar-refractivity contribution is -0.389. The van der Waals surface area contributed by atoms with Gasteiger partial charge in [0.2, 0.25) is 0 Å². The lowest BCUT2D eigenvalue weighted by atomic mass is 10.1. The third-order valence-corrected chi connectivity index (χ3v) is 3.32. The fourth-order valence-electron chi connectivity index (χ4n) is 2.13. The summed E-state index contributed by atoms with van der Waals surface area (Å²) in [6, 6.07) is 11.0. The molecule has 2 aromatic heterocycles. The van der Waals surface area contributed by atoms with Gasteiger partial charge < -0.3 is 20.0 Å². The first-order valence-corrected chi connectivity index (χ1v) is 7.44. The smallest absolute Gasteiger partial charge is 0.358 e. The minimum Gasteiger partial charge on any atom is -0.358 e. The Morgan fingerprint density at radius 1 is 1.28 bits per heavy atom. The van der Waals surface area contributed by atoms with Crippen molar-refractivity contribution in [2.75, 3.05) is 6.54 Å². The maximum Gasteiger partial charge on any atom is 0.389 e. The van der Waals surface area contributed by atoms with E-state index in [1.807, 2.05) is 30.3 Å². The van der Waals surface area contributed by atoms with Crippen LogP contribution < -0.4 is 5.32 Å². The quantitative estimate of drug-likeness (QED) is 0.504. The molecule has 3 aromatic rings. The Morgan fingerprint density at radius 2 is 2.08 bits per heavy atom. The van der Waals surface area contributed by atoms with E-state index in [2.05, 4.69) is 20.6 Å². The fraction of sp³-hybridized carbons (Fsp3) is 0.200. The van der Waals surface area contributed by atoms with Crippen molar-refractivity contribution in [1.82, 2.24) is 25.2 Å². The van der Waals surface area contributed by atoms with E-state index in [9.17, 15) is 14.9 Å². The van der Waals surface area contributed by atoms with Crippen molar-refractivity contribution in [2.24, 2.45) is 0 Å². The molecule has 0 fully saturated rings. The van der Waals surface area contributed by atoms with E-state index in [0.717, 1.165) is 5.56 Å². The van der Waals surface area contributed by atoms with Gasteiger partial charge >= 0.3 is 17.6 Å². The summed E-state index contributed by atoms with van der Waals surface area (Å²) in [6.45, 7) is 0.501. The SMILES string of the molecule is O=C(NCCc1ccccc1)c1nc(Cn2ccc([N+](=O)[O-])n2)no1. The normalized spacial score (nSPS) is 10.6. The number of nitrogens with zero attached hydrogens (tertiary/aromatic N) is 5. The highest BCUT2D eigenvalue weighted by Crippen LogP contribution is 2.07. The lowest BCUT2D eigenvalue weighted by Crippen LogP contribution is -2.26. The predicted molar refractivity (Wildman–Crippen MR) is 84.8 cm³/mol. The number of hydrogen-bond acceptors (Lipinski definition) is 7. The van der Waals surface area contributed by atoms with Crippen molar-refractivity contribution in [3.05, 3.63) is 70.0 Å². The molecular weight excluding hydrogens is 328 g/mol. The van der Waals surface area contributed by atoms with Crippen molar-refractivity contribution in [2.45, 2.75) is 13.0 Å². The standard InChI is InChI=1S/C15H14N6O4/c22-14(16-8-6-11-4-2-1-3-5-11)15-17-12(19-25-15)10-20-9-7-13(18-20)21(23)24/h1-5,7,9H,6,8,10H2,(H,16,22). The third kappa shape index (κ3) is 4.25. The zero-order valence-corrected chi connectivity index (χ0v) is 13.0. The lowest BCUT2D eigenvalue weighted by Gasteiger charge is -2.02. The zero-order valence-electron chi connectivity index (χ0n) is 13.0. The molecule has 0 saturated carbocycles. The van der Waals surface area contributed by atoms with Crippen LogP contribution in [0.25, 0.3) is 0 Å². The van der Waals surface area contributed by atoms with E-state index in [4.69, 9.17) is 4.52 Å². The minimum atomic E-state index is -0.599. The van der Waals surface area contributed by atoms with Gasteiger partial charge in [-0.05, 0) is 16.9 Å². The molecule has 0 bridgehead atoms. The molecule has 25 heavy (non-hydrogen) atoms. The van der Waals surface area contributed by atoms with Gasteiger partial charge in [-0.1, -0.05) is 35.5 Å². The fourth-order valence-corrected chi connectivity index (χ4v) is 2.13. The van der Waals surface area contributed by atoms with Crippen molar-refractivity contribution >= 4 is 11.7 Å². The Kier molecular flexibility index (Phi) is 4.79. The molecule has 0 radical (unpaired) electrons. The zero-order chi connectivity index (χ0) is 17.6. The first-order valence-electron chi connectivity index (χ1n) is 7.44. The van der Waals surface area contributed by atoms with Gasteiger partial charge in [-0.3, -0.25) is 4.79 Å². The van der Waals surface area contributed by atoms with Gasteiger partial charge in [0.05, 0.1) is 17.4 Å². The van der Waals surface area contributed by atoms with Gasteiger partial charge in [0.25, 0.3) is 0 Å². The average Bonchev–Trinajstić information content (AvgIpc) is 3.26. The topological polar surface area (TPSA) is 129 Å². The number of amides is 1. The molecule has 0 aliphatic carbocycles. The molecule has 1 N–H and O–H groups in total. The second-order valence-electron chi connectivity index (χ2n) is 5.14. The van der Waals surface area contributed by atoms with Gasteiger partial charge in [0.15, 0.2) is 5.82 Å². The maximum absolute atomic E-state index is 12.0. The molecule has 0 aliphatic heterocycles. The van der Waals surface area contributed by atoms with Gasteiger partial charge in [0, 0.05) is 6.54 Å². The number of carbonyl (C=O) groups is 1. The summed E-state index contributed by atoms with van der Waals surface area (Å²) >= 11 is 0. The molecule has 0 aliphatic rings. The average molecular weight is 342 g/mol. The first-order chi connectivity index (χ1) is 12.1. The summed E-state index contributed by atoms with van der Waals surface area (Å²) in [5, 5.41) is 20.7. The Balaban J connectivity index is 1.53. The van der Waals surface area contributed by atoms with Crippen LogP contribution in [0.1, 0.15) is 22.1 Å². The predicted octanol–water partition coefficient (Wildman–Crippen LogP) is 1.20. The van der Waals surface area contributed by atoms with Gasteiger partial charge in [-0.25, -0.2) is 0 Å². The Morgan fingerprint density at radius 3 is 2.80 bits per heavy atom. The molecule has 0 atom stereocenters. The highest BCUT2D eigenvalue weighted by molar-refractivity contribution is 5.89. The molecule has 2 heterocycles. The molecule has 10 heteroatoms. The molecule has 128 valence electrons. The number of aromatic nitrogens is 4. The monoisotopic (exact) mass is 342 g/mol. The number of nitro groups is 1. The van der Waals surface area contributed by atoms with Crippen LogP contribution in [0, 0.1) is 10.1 Å². The second-order valence-corrected chi connectivity index (χ2v) is 5.14. The Hall–Kier alpha value is -3.56. The summed E-state index contributed by atoms with van der Waals surface area (Å²) in [5.74, 6) is -0.709. The number of carbonyl (C=O) groups excluding carboxylic acids is 1. The molecular formula is C15H14N6O4. The van der Waals surface area contributed by atoms with Gasteiger partial charge in [0.1, 0.15) is 6.54 Å². The van der Waals surface area contributed by atoms with Crippen LogP contribution in [0.15, 0.2) is 47.1 Å². The first kappa shape index (κ1) is 16.3. The van der Waals surface area contributed by atoms with E-state index >= 15 is 0 Å². The van der Waals surface area contributed by atoms with Crippen molar-refractivity contribution in [3.8, 4) is 0 Å². The van der Waals surface area contributed by atoms with Crippen LogP contribution in [0.3, 0.4) is 0 Å². The summed E-state index contributed by atoms with van der Waals surface area (Å²) in [5.41, 5.74) is 1.11. The molecule has 0 spiro atoms. The van der Waals surface area contributed by atoms with Crippen molar-refractivity contribution < 1.29 is 14.2 Å². The van der Waals surface area contributed by atoms with E-state index in [0.29, 0.717) is 13.0 Å².